The Morgan fingerprint density at radius 1 is 0.553 bits per heavy atom. The average molecular weight is 663 g/mol. The van der Waals surface area contributed by atoms with Gasteiger partial charge in [-0.3, -0.25) is 0 Å². The van der Waals surface area contributed by atoms with E-state index >= 15 is 0 Å². The van der Waals surface area contributed by atoms with Crippen LogP contribution in [0.25, 0.3) is 11.1 Å². The summed E-state index contributed by atoms with van der Waals surface area (Å²) in [4.78, 5) is 0. The number of rotatable bonds is 9. The summed E-state index contributed by atoms with van der Waals surface area (Å²) in [6.45, 7) is 22.0. The molecular weight excluding hydrogens is 614 g/mol. The molecule has 0 spiro atoms. The Morgan fingerprint density at radius 3 is 1.68 bits per heavy atom. The lowest BCUT2D eigenvalue weighted by atomic mass is 9.80. The zero-order valence-corrected chi connectivity index (χ0v) is 31.4. The Labute approximate surface area is 285 Å². The van der Waals surface area contributed by atoms with Crippen LogP contribution in [0.5, 0.6) is 17.2 Å². The van der Waals surface area contributed by atoms with Crippen molar-refractivity contribution in [1.29, 1.82) is 0 Å². The van der Waals surface area contributed by atoms with Crippen LogP contribution in [-0.4, -0.2) is 0 Å². The van der Waals surface area contributed by atoms with Crippen LogP contribution < -0.4 is 24.2 Å². The molecule has 2 atom stereocenters. The summed E-state index contributed by atoms with van der Waals surface area (Å²) in [6, 6.07) is 36.1. The van der Waals surface area contributed by atoms with Crippen molar-refractivity contribution in [3.8, 4) is 28.4 Å². The molecule has 47 heavy (non-hydrogen) atoms. The molecule has 0 aliphatic heterocycles. The molecule has 0 heterocycles. The third kappa shape index (κ3) is 8.45. The predicted octanol–water partition coefficient (Wildman–Crippen LogP) is 11.6. The first kappa shape index (κ1) is 34.7. The molecular formula is C42H48O3P2. The minimum absolute atomic E-state index is 0.0277. The van der Waals surface area contributed by atoms with Crippen molar-refractivity contribution >= 4 is 27.8 Å². The average Bonchev–Trinajstić information content (AvgIpc) is 3.01. The smallest absolute Gasteiger partial charge is 0.326 e. The maximum absolute atomic E-state index is 7.13. The van der Waals surface area contributed by atoms with Gasteiger partial charge in [0.25, 0.3) is 0 Å². The number of aryl methyl sites for hydroxylation is 4. The highest BCUT2D eigenvalue weighted by atomic mass is 31.2. The van der Waals surface area contributed by atoms with Crippen LogP contribution in [0.1, 0.15) is 74.9 Å². The molecule has 0 fully saturated rings. The summed E-state index contributed by atoms with van der Waals surface area (Å²) in [5.74, 6) is 2.55. The van der Waals surface area contributed by atoms with Crippen LogP contribution in [-0.2, 0) is 10.8 Å². The minimum Gasteiger partial charge on any atom is -0.472 e. The van der Waals surface area contributed by atoms with Crippen LogP contribution in [0.3, 0.4) is 0 Å². The summed E-state index contributed by atoms with van der Waals surface area (Å²) in [5.41, 5.74) is 8.90. The molecule has 0 radical (unpaired) electrons. The second kappa shape index (κ2) is 14.2. The third-order valence-corrected chi connectivity index (χ3v) is 10.5. The Morgan fingerprint density at radius 2 is 1.11 bits per heavy atom. The van der Waals surface area contributed by atoms with Crippen molar-refractivity contribution < 1.29 is 13.6 Å². The van der Waals surface area contributed by atoms with E-state index in [9.17, 15) is 0 Å². The summed E-state index contributed by atoms with van der Waals surface area (Å²) >= 11 is 0. The van der Waals surface area contributed by atoms with E-state index in [1.54, 1.807) is 0 Å². The largest absolute Gasteiger partial charge is 0.472 e. The highest BCUT2D eigenvalue weighted by Crippen LogP contribution is 2.50. The lowest BCUT2D eigenvalue weighted by Gasteiger charge is -2.29. The molecule has 3 nitrogen and oxygen atoms in total. The second-order valence-electron chi connectivity index (χ2n) is 14.5. The zero-order chi connectivity index (χ0) is 33.9. The van der Waals surface area contributed by atoms with Gasteiger partial charge in [0.05, 0.1) is 5.30 Å². The Hall–Kier alpha value is -3.64. The standard InChI is InChI=1S/C42H48O3P2/c1-28-23-30(3)39(43-46-33-17-13-11-14-18-33)35(25-28)36-26-29(2)24-31(4)40(36)45-47(34-19-15-12-16-20-34)44-38-22-21-32(41(5,6)7)27-37(38)42(8,9)10/h11-27,46H,1-10H3. The number of benzene rings is 5. The van der Waals surface area contributed by atoms with E-state index in [0.717, 1.165) is 50.1 Å². The summed E-state index contributed by atoms with van der Waals surface area (Å²) in [7, 11) is -1.36. The summed E-state index contributed by atoms with van der Waals surface area (Å²) in [5, 5.41) is 2.17. The molecule has 0 saturated heterocycles. The van der Waals surface area contributed by atoms with Gasteiger partial charge >= 0.3 is 8.38 Å². The van der Waals surface area contributed by atoms with E-state index in [2.05, 4.69) is 148 Å². The van der Waals surface area contributed by atoms with Crippen LogP contribution in [0.2, 0.25) is 0 Å². The second-order valence-corrected chi connectivity index (χ2v) is 16.9. The monoisotopic (exact) mass is 662 g/mol. The molecule has 5 aromatic rings. The van der Waals surface area contributed by atoms with Crippen LogP contribution in [0.15, 0.2) is 103 Å². The first-order chi connectivity index (χ1) is 22.2. The summed E-state index contributed by atoms with van der Waals surface area (Å²) < 4.78 is 20.8. The molecule has 5 aromatic carbocycles. The van der Waals surface area contributed by atoms with E-state index in [4.69, 9.17) is 13.6 Å². The molecule has 0 aromatic heterocycles. The molecule has 0 aliphatic carbocycles. The van der Waals surface area contributed by atoms with Crippen molar-refractivity contribution in [2.45, 2.75) is 80.1 Å². The Kier molecular flexibility index (Phi) is 10.5. The van der Waals surface area contributed by atoms with Crippen molar-refractivity contribution in [3.63, 3.8) is 0 Å². The van der Waals surface area contributed by atoms with Gasteiger partial charge in [-0.1, -0.05) is 114 Å². The molecule has 244 valence electrons. The maximum Gasteiger partial charge on any atom is 0.326 e. The van der Waals surface area contributed by atoms with Crippen molar-refractivity contribution in [3.05, 3.63) is 137 Å². The predicted molar refractivity (Wildman–Crippen MR) is 204 cm³/mol. The van der Waals surface area contributed by atoms with E-state index in [1.165, 1.54) is 22.3 Å². The fourth-order valence-electron chi connectivity index (χ4n) is 5.69. The molecule has 0 bridgehead atoms. The fourth-order valence-corrected chi connectivity index (χ4v) is 7.92. The van der Waals surface area contributed by atoms with Crippen molar-refractivity contribution in [1.82, 2.24) is 0 Å². The van der Waals surface area contributed by atoms with Crippen molar-refractivity contribution in [2.75, 3.05) is 0 Å². The molecule has 2 unspecified atom stereocenters. The van der Waals surface area contributed by atoms with Gasteiger partial charge in [-0.2, -0.15) is 0 Å². The van der Waals surface area contributed by atoms with Gasteiger partial charge in [0, 0.05) is 22.0 Å². The quantitative estimate of drug-likeness (QED) is 0.147. The highest BCUT2D eigenvalue weighted by Gasteiger charge is 2.28. The minimum atomic E-state index is -1.55. The van der Waals surface area contributed by atoms with Gasteiger partial charge < -0.3 is 13.6 Å². The molecule has 0 saturated carbocycles. The maximum atomic E-state index is 7.13. The van der Waals surface area contributed by atoms with Crippen LogP contribution in [0, 0.1) is 27.7 Å². The lowest BCUT2D eigenvalue weighted by Crippen LogP contribution is -2.18. The summed E-state index contributed by atoms with van der Waals surface area (Å²) in [6.07, 6.45) is 0. The van der Waals surface area contributed by atoms with Gasteiger partial charge in [0.2, 0.25) is 0 Å². The van der Waals surface area contributed by atoms with E-state index < -0.39 is 8.38 Å². The van der Waals surface area contributed by atoms with Crippen LogP contribution >= 0.6 is 17.2 Å². The topological polar surface area (TPSA) is 27.7 Å². The van der Waals surface area contributed by atoms with Gasteiger partial charge in [0.1, 0.15) is 26.1 Å². The lowest BCUT2D eigenvalue weighted by molar-refractivity contribution is 0.478. The SMILES string of the molecule is Cc1cc(C)c(OPc2ccccc2)c(-c2cc(C)cc(C)c2OP(Oc2ccc(C(C)(C)C)cc2C(C)(C)C)c2ccccc2)c1. The first-order valence-corrected chi connectivity index (χ1v) is 18.4. The number of hydrogen-bond acceptors (Lipinski definition) is 3. The van der Waals surface area contributed by atoms with Gasteiger partial charge in [-0.15, -0.1) is 0 Å². The van der Waals surface area contributed by atoms with E-state index in [-0.39, 0.29) is 19.6 Å². The molecule has 5 rings (SSSR count). The van der Waals surface area contributed by atoms with Gasteiger partial charge in [-0.25, -0.2) is 0 Å². The molecule has 0 N–H and O–H groups in total. The zero-order valence-electron chi connectivity index (χ0n) is 29.5. The Bertz CT molecular complexity index is 1840. The van der Waals surface area contributed by atoms with Crippen LogP contribution in [0.4, 0.5) is 0 Å². The van der Waals surface area contributed by atoms with Gasteiger partial charge in [0.15, 0.2) is 0 Å². The molecule has 0 amide bonds. The number of hydrogen-bond donors (Lipinski definition) is 0. The fraction of sp³-hybridized carbons (Fsp3) is 0.286. The van der Waals surface area contributed by atoms with E-state index in [0.29, 0.717) is 0 Å². The highest BCUT2D eigenvalue weighted by molar-refractivity contribution is 7.56. The first-order valence-electron chi connectivity index (χ1n) is 16.3. The normalized spacial score (nSPS) is 12.7. The molecule has 5 heteroatoms. The Balaban J connectivity index is 1.62. The van der Waals surface area contributed by atoms with E-state index in [1.807, 2.05) is 24.3 Å². The van der Waals surface area contributed by atoms with Crippen molar-refractivity contribution in [2.24, 2.45) is 0 Å². The third-order valence-electron chi connectivity index (χ3n) is 8.15. The molecule has 0 aliphatic rings. The van der Waals surface area contributed by atoms with Gasteiger partial charge in [-0.05, 0) is 96.7 Å².